The maximum Gasteiger partial charge on any atom is 0.257 e. The number of hydrogen-bond acceptors (Lipinski definition) is 3. The molecule has 0 radical (unpaired) electrons. The second-order valence-corrected chi connectivity index (χ2v) is 5.29. The number of ether oxygens (including phenoxy) is 1. The average molecular weight is 262 g/mol. The Morgan fingerprint density at radius 1 is 1.32 bits per heavy atom. The fraction of sp³-hybridized carbons (Fsp3) is 0.533. The Morgan fingerprint density at radius 2 is 1.95 bits per heavy atom. The van der Waals surface area contributed by atoms with E-state index in [4.69, 9.17) is 10.5 Å². The van der Waals surface area contributed by atoms with Gasteiger partial charge in [0.05, 0.1) is 11.7 Å². The molecule has 4 heteroatoms. The van der Waals surface area contributed by atoms with Gasteiger partial charge >= 0.3 is 0 Å². The number of para-hydroxylation sites is 1. The van der Waals surface area contributed by atoms with E-state index in [1.807, 2.05) is 43.0 Å². The smallest absolute Gasteiger partial charge is 0.257 e. The Hall–Kier alpha value is -1.55. The average Bonchev–Trinajstić information content (AvgIpc) is 2.39. The summed E-state index contributed by atoms with van der Waals surface area (Å²) < 4.78 is 5.71. The van der Waals surface area contributed by atoms with Crippen molar-refractivity contribution in [1.82, 2.24) is 4.90 Å². The molecule has 1 aromatic rings. The maximum absolute atomic E-state index is 12.5. The lowest BCUT2D eigenvalue weighted by Crippen LogP contribution is -2.43. The highest BCUT2D eigenvalue weighted by Crippen LogP contribution is 2.22. The van der Waals surface area contributed by atoms with Crippen LogP contribution < -0.4 is 10.5 Å². The Kier molecular flexibility index (Phi) is 4.43. The van der Waals surface area contributed by atoms with Crippen LogP contribution in [0.5, 0.6) is 5.75 Å². The van der Waals surface area contributed by atoms with E-state index in [1.165, 1.54) is 0 Å². The van der Waals surface area contributed by atoms with Gasteiger partial charge in [-0.05, 0) is 38.8 Å². The molecule has 0 atom stereocenters. The SMILES string of the molecule is CC(C)Oc1ccccc1C(=O)N1CCC(N)CC1. The minimum absolute atomic E-state index is 0.0446. The van der Waals surface area contributed by atoms with E-state index in [1.54, 1.807) is 0 Å². The molecule has 104 valence electrons. The summed E-state index contributed by atoms with van der Waals surface area (Å²) in [6, 6.07) is 7.67. The molecular formula is C15H22N2O2. The van der Waals surface area contributed by atoms with Gasteiger partial charge in [-0.2, -0.15) is 0 Å². The molecule has 1 aliphatic heterocycles. The van der Waals surface area contributed by atoms with Gasteiger partial charge in [-0.1, -0.05) is 12.1 Å². The second kappa shape index (κ2) is 6.06. The van der Waals surface area contributed by atoms with E-state index in [0.717, 1.165) is 25.9 Å². The number of piperidine rings is 1. The van der Waals surface area contributed by atoms with E-state index in [9.17, 15) is 4.79 Å². The van der Waals surface area contributed by atoms with Crippen LogP contribution in [0.1, 0.15) is 37.0 Å². The number of amides is 1. The van der Waals surface area contributed by atoms with Gasteiger partial charge in [0, 0.05) is 19.1 Å². The molecule has 1 heterocycles. The normalized spacial score (nSPS) is 16.7. The van der Waals surface area contributed by atoms with Gasteiger partial charge in [-0.25, -0.2) is 0 Å². The number of nitrogens with two attached hydrogens (primary N) is 1. The van der Waals surface area contributed by atoms with E-state index in [0.29, 0.717) is 11.3 Å². The summed E-state index contributed by atoms with van der Waals surface area (Å²) in [5.41, 5.74) is 6.51. The largest absolute Gasteiger partial charge is 0.490 e. The zero-order valence-corrected chi connectivity index (χ0v) is 11.6. The van der Waals surface area contributed by atoms with Crippen LogP contribution in [0.4, 0.5) is 0 Å². The van der Waals surface area contributed by atoms with Crippen molar-refractivity contribution in [3.8, 4) is 5.75 Å². The predicted octanol–water partition coefficient (Wildman–Crippen LogP) is 2.04. The number of carbonyl (C=O) groups is 1. The molecule has 19 heavy (non-hydrogen) atoms. The highest BCUT2D eigenvalue weighted by atomic mass is 16.5. The molecule has 1 aromatic carbocycles. The lowest BCUT2D eigenvalue weighted by molar-refractivity contribution is 0.0708. The molecule has 1 amide bonds. The third-order valence-corrected chi connectivity index (χ3v) is 3.31. The molecule has 0 aliphatic carbocycles. The van der Waals surface area contributed by atoms with Gasteiger partial charge in [0.25, 0.3) is 5.91 Å². The fourth-order valence-corrected chi connectivity index (χ4v) is 2.27. The molecule has 2 N–H and O–H groups in total. The first kappa shape index (κ1) is 13.9. The quantitative estimate of drug-likeness (QED) is 0.907. The third-order valence-electron chi connectivity index (χ3n) is 3.31. The van der Waals surface area contributed by atoms with Crippen LogP contribution in [0.3, 0.4) is 0 Å². The number of likely N-dealkylation sites (tertiary alicyclic amines) is 1. The molecule has 1 saturated heterocycles. The monoisotopic (exact) mass is 262 g/mol. The minimum Gasteiger partial charge on any atom is -0.490 e. The molecule has 4 nitrogen and oxygen atoms in total. The van der Waals surface area contributed by atoms with Crippen LogP contribution in [-0.2, 0) is 0 Å². The Bertz CT molecular complexity index is 438. The summed E-state index contributed by atoms with van der Waals surface area (Å²) in [6.45, 7) is 5.38. The summed E-state index contributed by atoms with van der Waals surface area (Å²) in [5.74, 6) is 0.709. The van der Waals surface area contributed by atoms with Crippen molar-refractivity contribution in [3.05, 3.63) is 29.8 Å². The Morgan fingerprint density at radius 3 is 2.58 bits per heavy atom. The standard InChI is InChI=1S/C15H22N2O2/c1-11(2)19-14-6-4-3-5-13(14)15(18)17-9-7-12(16)8-10-17/h3-6,11-12H,7-10,16H2,1-2H3. The Balaban J connectivity index is 2.14. The zero-order chi connectivity index (χ0) is 13.8. The van der Waals surface area contributed by atoms with Gasteiger partial charge in [0.1, 0.15) is 5.75 Å². The van der Waals surface area contributed by atoms with E-state index >= 15 is 0 Å². The highest BCUT2D eigenvalue weighted by Gasteiger charge is 2.23. The third kappa shape index (κ3) is 3.47. The number of rotatable bonds is 3. The van der Waals surface area contributed by atoms with Crippen molar-refractivity contribution in [3.63, 3.8) is 0 Å². The molecule has 0 saturated carbocycles. The minimum atomic E-state index is 0.0446. The second-order valence-electron chi connectivity index (χ2n) is 5.29. The Labute approximate surface area is 114 Å². The van der Waals surface area contributed by atoms with Crippen LogP contribution in [0.15, 0.2) is 24.3 Å². The fourth-order valence-electron chi connectivity index (χ4n) is 2.27. The first-order chi connectivity index (χ1) is 9.08. The van der Waals surface area contributed by atoms with Gasteiger partial charge in [0.2, 0.25) is 0 Å². The maximum atomic E-state index is 12.5. The van der Waals surface area contributed by atoms with Crippen molar-refractivity contribution < 1.29 is 9.53 Å². The highest BCUT2D eigenvalue weighted by molar-refractivity contribution is 5.97. The molecule has 0 unspecified atom stereocenters. The first-order valence-corrected chi connectivity index (χ1v) is 6.88. The van der Waals surface area contributed by atoms with E-state index in [-0.39, 0.29) is 18.1 Å². The number of hydrogen-bond donors (Lipinski definition) is 1. The lowest BCUT2D eigenvalue weighted by Gasteiger charge is -2.30. The number of benzene rings is 1. The number of carbonyl (C=O) groups excluding carboxylic acids is 1. The molecule has 0 spiro atoms. The van der Waals surface area contributed by atoms with Crippen molar-refractivity contribution >= 4 is 5.91 Å². The van der Waals surface area contributed by atoms with E-state index in [2.05, 4.69) is 0 Å². The molecule has 1 aliphatic rings. The van der Waals surface area contributed by atoms with Crippen LogP contribution in [0.2, 0.25) is 0 Å². The summed E-state index contributed by atoms with van der Waals surface area (Å²) in [5, 5.41) is 0. The lowest BCUT2D eigenvalue weighted by atomic mass is 10.0. The molecular weight excluding hydrogens is 240 g/mol. The number of nitrogens with zero attached hydrogens (tertiary/aromatic N) is 1. The molecule has 2 rings (SSSR count). The summed E-state index contributed by atoms with van der Waals surface area (Å²) in [7, 11) is 0. The topological polar surface area (TPSA) is 55.6 Å². The summed E-state index contributed by atoms with van der Waals surface area (Å²) in [4.78, 5) is 14.4. The van der Waals surface area contributed by atoms with Gasteiger partial charge < -0.3 is 15.4 Å². The molecule has 1 fully saturated rings. The van der Waals surface area contributed by atoms with E-state index < -0.39 is 0 Å². The first-order valence-electron chi connectivity index (χ1n) is 6.88. The van der Waals surface area contributed by atoms with Crippen molar-refractivity contribution in [2.75, 3.05) is 13.1 Å². The molecule has 0 aromatic heterocycles. The van der Waals surface area contributed by atoms with Crippen LogP contribution in [0.25, 0.3) is 0 Å². The summed E-state index contributed by atoms with van der Waals surface area (Å²) in [6.07, 6.45) is 1.81. The van der Waals surface area contributed by atoms with Crippen molar-refractivity contribution in [1.29, 1.82) is 0 Å². The van der Waals surface area contributed by atoms with Crippen LogP contribution in [-0.4, -0.2) is 36.0 Å². The van der Waals surface area contributed by atoms with Crippen LogP contribution >= 0.6 is 0 Å². The zero-order valence-electron chi connectivity index (χ0n) is 11.6. The van der Waals surface area contributed by atoms with Gasteiger partial charge in [0.15, 0.2) is 0 Å². The van der Waals surface area contributed by atoms with Crippen molar-refractivity contribution in [2.45, 2.75) is 38.8 Å². The summed E-state index contributed by atoms with van der Waals surface area (Å²) >= 11 is 0. The van der Waals surface area contributed by atoms with Gasteiger partial charge in [-0.3, -0.25) is 4.79 Å². The predicted molar refractivity (Wildman–Crippen MR) is 75.3 cm³/mol. The van der Waals surface area contributed by atoms with Gasteiger partial charge in [-0.15, -0.1) is 0 Å². The molecule has 0 bridgehead atoms. The van der Waals surface area contributed by atoms with Crippen molar-refractivity contribution in [2.24, 2.45) is 5.73 Å². The van der Waals surface area contributed by atoms with Crippen LogP contribution in [0, 0.1) is 0 Å².